The quantitative estimate of drug-likeness (QED) is 0.655. The second-order valence-corrected chi connectivity index (χ2v) is 5.55. The average molecular weight is 257 g/mol. The van der Waals surface area contributed by atoms with Gasteiger partial charge in [-0.05, 0) is 54.7 Å². The number of aryl methyl sites for hydroxylation is 2. The van der Waals surface area contributed by atoms with E-state index < -0.39 is 0 Å². The molecule has 3 nitrogen and oxygen atoms in total. The molecule has 0 atom stereocenters. The van der Waals surface area contributed by atoms with Crippen molar-refractivity contribution in [3.63, 3.8) is 0 Å². The zero-order chi connectivity index (χ0) is 12.4. The van der Waals surface area contributed by atoms with Crippen molar-refractivity contribution in [2.75, 3.05) is 5.43 Å². The largest absolute Gasteiger partial charge is 0.308 e. The molecule has 2 aromatic rings. The molecule has 92 valence electrons. The maximum absolute atomic E-state index is 5.36. The lowest BCUT2D eigenvalue weighted by Crippen LogP contribution is -2.07. The van der Waals surface area contributed by atoms with Crippen LogP contribution in [0.3, 0.4) is 0 Å². The number of hydrogen-bond donors (Lipinski definition) is 2. The van der Waals surface area contributed by atoms with Gasteiger partial charge in [0.15, 0.2) is 0 Å². The van der Waals surface area contributed by atoms with Crippen LogP contribution >= 0.6 is 11.8 Å². The number of anilines is 1. The first-order chi connectivity index (χ1) is 8.85. The van der Waals surface area contributed by atoms with Crippen molar-refractivity contribution in [1.29, 1.82) is 0 Å². The summed E-state index contributed by atoms with van der Waals surface area (Å²) >= 11 is 1.75. The van der Waals surface area contributed by atoms with Crippen LogP contribution in [-0.2, 0) is 12.8 Å². The van der Waals surface area contributed by atoms with Gasteiger partial charge in [-0.3, -0.25) is 0 Å². The Morgan fingerprint density at radius 3 is 2.78 bits per heavy atom. The van der Waals surface area contributed by atoms with Gasteiger partial charge in [0.05, 0.1) is 0 Å². The minimum absolute atomic E-state index is 0.696. The van der Waals surface area contributed by atoms with E-state index in [2.05, 4.69) is 28.6 Å². The third kappa shape index (κ3) is 2.35. The number of benzene rings is 1. The van der Waals surface area contributed by atoms with E-state index in [0.29, 0.717) is 5.82 Å². The van der Waals surface area contributed by atoms with Gasteiger partial charge in [0, 0.05) is 16.0 Å². The lowest BCUT2D eigenvalue weighted by molar-refractivity contribution is 0.911. The number of aromatic nitrogens is 1. The Morgan fingerprint density at radius 1 is 1.06 bits per heavy atom. The first-order valence-corrected chi connectivity index (χ1v) is 6.89. The lowest BCUT2D eigenvalue weighted by Gasteiger charge is -2.06. The topological polar surface area (TPSA) is 50.9 Å². The van der Waals surface area contributed by atoms with Gasteiger partial charge in [0.2, 0.25) is 0 Å². The van der Waals surface area contributed by atoms with Crippen LogP contribution in [-0.4, -0.2) is 4.98 Å². The Morgan fingerprint density at radius 2 is 1.89 bits per heavy atom. The molecule has 0 amide bonds. The standard InChI is InChI=1S/C14H15N3S/c15-17-14-9-13(6-7-16-14)18-12-5-4-10-2-1-3-11(10)8-12/h4-9H,1-3,15H2,(H,16,17). The minimum atomic E-state index is 0.696. The molecule has 0 saturated carbocycles. The van der Waals surface area contributed by atoms with Gasteiger partial charge in [-0.25, -0.2) is 10.8 Å². The van der Waals surface area contributed by atoms with E-state index in [0.717, 1.165) is 4.90 Å². The Labute approximate surface area is 111 Å². The summed E-state index contributed by atoms with van der Waals surface area (Å²) in [4.78, 5) is 6.54. The predicted molar refractivity (Wildman–Crippen MR) is 74.6 cm³/mol. The molecule has 0 aliphatic heterocycles. The summed E-state index contributed by atoms with van der Waals surface area (Å²) < 4.78 is 0. The second-order valence-electron chi connectivity index (χ2n) is 4.41. The van der Waals surface area contributed by atoms with Gasteiger partial charge in [0.25, 0.3) is 0 Å². The van der Waals surface area contributed by atoms with Crippen molar-refractivity contribution in [2.24, 2.45) is 5.84 Å². The van der Waals surface area contributed by atoms with Crippen LogP contribution in [0.4, 0.5) is 5.82 Å². The van der Waals surface area contributed by atoms with Crippen LogP contribution < -0.4 is 11.3 Å². The van der Waals surface area contributed by atoms with Gasteiger partial charge in [-0.1, -0.05) is 17.8 Å². The van der Waals surface area contributed by atoms with Crippen LogP contribution in [0.15, 0.2) is 46.3 Å². The van der Waals surface area contributed by atoms with Gasteiger partial charge in [-0.15, -0.1) is 0 Å². The molecular weight excluding hydrogens is 242 g/mol. The predicted octanol–water partition coefficient (Wildman–Crippen LogP) is 3.01. The van der Waals surface area contributed by atoms with Crippen LogP contribution in [0.25, 0.3) is 0 Å². The molecule has 1 aliphatic carbocycles. The molecule has 3 rings (SSSR count). The number of nitrogens with zero attached hydrogens (tertiary/aromatic N) is 1. The fourth-order valence-corrected chi connectivity index (χ4v) is 3.21. The fourth-order valence-electron chi connectivity index (χ4n) is 2.30. The third-order valence-corrected chi connectivity index (χ3v) is 4.16. The van der Waals surface area contributed by atoms with E-state index in [-0.39, 0.29) is 0 Å². The maximum Gasteiger partial charge on any atom is 0.140 e. The monoisotopic (exact) mass is 257 g/mol. The zero-order valence-electron chi connectivity index (χ0n) is 10.0. The molecule has 0 unspecified atom stereocenters. The summed E-state index contributed by atoms with van der Waals surface area (Å²) in [5.74, 6) is 6.06. The highest BCUT2D eigenvalue weighted by molar-refractivity contribution is 7.99. The normalized spacial score (nSPS) is 13.4. The molecule has 18 heavy (non-hydrogen) atoms. The molecule has 0 spiro atoms. The first-order valence-electron chi connectivity index (χ1n) is 6.07. The van der Waals surface area contributed by atoms with Crippen LogP contribution in [0.1, 0.15) is 17.5 Å². The Balaban J connectivity index is 1.83. The smallest absolute Gasteiger partial charge is 0.140 e. The second kappa shape index (κ2) is 5.00. The van der Waals surface area contributed by atoms with E-state index in [1.807, 2.05) is 12.1 Å². The molecule has 3 N–H and O–H groups in total. The molecule has 0 radical (unpaired) electrons. The van der Waals surface area contributed by atoms with Crippen molar-refractivity contribution < 1.29 is 0 Å². The van der Waals surface area contributed by atoms with Crippen LogP contribution in [0.5, 0.6) is 0 Å². The average Bonchev–Trinajstić information content (AvgIpc) is 2.86. The van der Waals surface area contributed by atoms with E-state index in [1.54, 1.807) is 18.0 Å². The van der Waals surface area contributed by atoms with Gasteiger partial charge in [0.1, 0.15) is 5.82 Å². The van der Waals surface area contributed by atoms with Gasteiger partial charge < -0.3 is 5.43 Å². The number of nitrogens with two attached hydrogens (primary N) is 1. The summed E-state index contributed by atoms with van der Waals surface area (Å²) in [6.45, 7) is 0. The lowest BCUT2D eigenvalue weighted by atomic mass is 10.1. The van der Waals surface area contributed by atoms with Crippen molar-refractivity contribution in [1.82, 2.24) is 4.98 Å². The van der Waals surface area contributed by atoms with Crippen molar-refractivity contribution in [2.45, 2.75) is 29.1 Å². The summed E-state index contributed by atoms with van der Waals surface area (Å²) in [6, 6.07) is 10.7. The number of nitrogens with one attached hydrogen (secondary N) is 1. The molecule has 1 aromatic heterocycles. The third-order valence-electron chi connectivity index (χ3n) is 3.18. The molecule has 0 saturated heterocycles. The summed E-state index contributed by atoms with van der Waals surface area (Å²) in [7, 11) is 0. The molecule has 1 aromatic carbocycles. The Kier molecular flexibility index (Phi) is 3.21. The van der Waals surface area contributed by atoms with E-state index in [1.165, 1.54) is 35.3 Å². The molecule has 0 fully saturated rings. The number of nitrogen functional groups attached to an aromatic ring is 1. The summed E-state index contributed by atoms with van der Waals surface area (Å²) in [5, 5.41) is 0. The summed E-state index contributed by atoms with van der Waals surface area (Å²) in [6.07, 6.45) is 5.51. The highest BCUT2D eigenvalue weighted by Gasteiger charge is 2.11. The zero-order valence-corrected chi connectivity index (χ0v) is 10.8. The highest BCUT2D eigenvalue weighted by atomic mass is 32.2. The van der Waals surface area contributed by atoms with E-state index in [4.69, 9.17) is 5.84 Å². The van der Waals surface area contributed by atoms with E-state index in [9.17, 15) is 0 Å². The van der Waals surface area contributed by atoms with Gasteiger partial charge >= 0.3 is 0 Å². The van der Waals surface area contributed by atoms with Crippen molar-refractivity contribution in [3.8, 4) is 0 Å². The number of pyridine rings is 1. The molecule has 0 bridgehead atoms. The van der Waals surface area contributed by atoms with E-state index >= 15 is 0 Å². The minimum Gasteiger partial charge on any atom is -0.308 e. The summed E-state index contributed by atoms with van der Waals surface area (Å²) in [5.41, 5.74) is 5.59. The maximum atomic E-state index is 5.36. The molecular formula is C14H15N3S. The van der Waals surface area contributed by atoms with Crippen LogP contribution in [0, 0.1) is 0 Å². The van der Waals surface area contributed by atoms with Gasteiger partial charge in [-0.2, -0.15) is 0 Å². The van der Waals surface area contributed by atoms with Crippen molar-refractivity contribution in [3.05, 3.63) is 47.7 Å². The number of hydrazine groups is 1. The Bertz CT molecular complexity index is 569. The number of rotatable bonds is 3. The SMILES string of the molecule is NNc1cc(Sc2ccc3c(c2)CCC3)ccn1. The fraction of sp³-hybridized carbons (Fsp3) is 0.214. The highest BCUT2D eigenvalue weighted by Crippen LogP contribution is 2.32. The molecule has 1 heterocycles. The number of hydrogen-bond acceptors (Lipinski definition) is 4. The first kappa shape index (κ1) is 11.6. The molecule has 1 aliphatic rings. The Hall–Kier alpha value is -1.52. The molecule has 4 heteroatoms. The van der Waals surface area contributed by atoms with Crippen molar-refractivity contribution >= 4 is 17.6 Å². The van der Waals surface area contributed by atoms with Crippen LogP contribution in [0.2, 0.25) is 0 Å². The number of fused-ring (bicyclic) bond motifs is 1.